The molecular formula is C18H23F2N3O4. The van der Waals surface area contributed by atoms with Crippen molar-refractivity contribution in [1.29, 1.82) is 0 Å². The van der Waals surface area contributed by atoms with Crippen LogP contribution in [-0.4, -0.2) is 60.5 Å². The van der Waals surface area contributed by atoms with E-state index in [9.17, 15) is 23.2 Å². The van der Waals surface area contributed by atoms with E-state index in [1.807, 2.05) is 0 Å². The Bertz CT molecular complexity index is 731. The predicted molar refractivity (Wildman–Crippen MR) is 93.9 cm³/mol. The average Bonchev–Trinajstić information content (AvgIpc) is 2.64. The van der Waals surface area contributed by atoms with E-state index < -0.39 is 35.0 Å². The molecule has 9 heteroatoms. The van der Waals surface area contributed by atoms with Crippen molar-refractivity contribution in [2.45, 2.75) is 20.8 Å². The van der Waals surface area contributed by atoms with Gasteiger partial charge in [-0.3, -0.25) is 9.59 Å². The van der Waals surface area contributed by atoms with E-state index in [-0.39, 0.29) is 25.4 Å². The van der Waals surface area contributed by atoms with Crippen LogP contribution in [0.5, 0.6) is 0 Å². The number of carbonyl (C=O) groups excluding carboxylic acids is 3. The van der Waals surface area contributed by atoms with E-state index in [1.165, 1.54) is 29.7 Å². The van der Waals surface area contributed by atoms with Crippen LogP contribution in [-0.2, 0) is 14.3 Å². The van der Waals surface area contributed by atoms with Gasteiger partial charge in [0.25, 0.3) is 0 Å². The van der Waals surface area contributed by atoms with Crippen LogP contribution in [0.2, 0.25) is 0 Å². The molecule has 0 bridgehead atoms. The normalized spacial score (nSPS) is 14.7. The van der Waals surface area contributed by atoms with E-state index >= 15 is 0 Å². The van der Waals surface area contributed by atoms with Crippen LogP contribution in [0, 0.1) is 17.0 Å². The van der Waals surface area contributed by atoms with Crippen LogP contribution < -0.4 is 5.32 Å². The Morgan fingerprint density at radius 3 is 2.22 bits per heavy atom. The topological polar surface area (TPSA) is 79.0 Å². The Labute approximate surface area is 156 Å². The summed E-state index contributed by atoms with van der Waals surface area (Å²) in [5, 5.41) is 2.44. The lowest BCUT2D eigenvalue weighted by Crippen LogP contribution is -2.55. The van der Waals surface area contributed by atoms with Gasteiger partial charge in [-0.2, -0.15) is 0 Å². The molecule has 148 valence electrons. The van der Waals surface area contributed by atoms with Gasteiger partial charge in [-0.05, 0) is 32.9 Å². The summed E-state index contributed by atoms with van der Waals surface area (Å²) in [5.74, 6) is -3.16. The van der Waals surface area contributed by atoms with Crippen LogP contribution in [0.15, 0.2) is 18.2 Å². The molecule has 1 fully saturated rings. The molecule has 0 atom stereocenters. The van der Waals surface area contributed by atoms with Gasteiger partial charge in [-0.25, -0.2) is 13.6 Å². The van der Waals surface area contributed by atoms with Crippen LogP contribution in [0.4, 0.5) is 19.3 Å². The van der Waals surface area contributed by atoms with Gasteiger partial charge in [0, 0.05) is 37.9 Å². The fraction of sp³-hybridized carbons (Fsp3) is 0.500. The van der Waals surface area contributed by atoms with Crippen LogP contribution in [0.3, 0.4) is 0 Å². The summed E-state index contributed by atoms with van der Waals surface area (Å²) >= 11 is 0. The number of nitrogens with zero attached hydrogens (tertiary/aromatic N) is 2. The molecule has 1 aromatic carbocycles. The number of piperazine rings is 1. The first-order chi connectivity index (χ1) is 12.7. The maximum atomic E-state index is 13.3. The van der Waals surface area contributed by atoms with Crippen molar-refractivity contribution in [1.82, 2.24) is 9.80 Å². The SMILES string of the molecule is CCOC(=O)N1CCN(C(=O)C(C)(C)C(=O)Nc2ccc(F)c(F)c2)CC1. The molecule has 1 aliphatic heterocycles. The van der Waals surface area contributed by atoms with Crippen molar-refractivity contribution in [3.05, 3.63) is 29.8 Å². The number of hydrogen-bond acceptors (Lipinski definition) is 4. The monoisotopic (exact) mass is 383 g/mol. The van der Waals surface area contributed by atoms with Gasteiger partial charge in [0.05, 0.1) is 6.61 Å². The van der Waals surface area contributed by atoms with Gasteiger partial charge >= 0.3 is 6.09 Å². The number of carbonyl (C=O) groups is 3. The average molecular weight is 383 g/mol. The number of ether oxygens (including phenoxy) is 1. The van der Waals surface area contributed by atoms with E-state index in [1.54, 1.807) is 6.92 Å². The Balaban J connectivity index is 1.98. The molecule has 27 heavy (non-hydrogen) atoms. The molecule has 3 amide bonds. The third kappa shape index (κ3) is 4.72. The van der Waals surface area contributed by atoms with E-state index in [4.69, 9.17) is 4.74 Å². The summed E-state index contributed by atoms with van der Waals surface area (Å²) in [6.45, 7) is 6.08. The highest BCUT2D eigenvalue weighted by Gasteiger charge is 2.40. The summed E-state index contributed by atoms with van der Waals surface area (Å²) in [6, 6.07) is 2.97. The van der Waals surface area contributed by atoms with Crippen molar-refractivity contribution in [3.8, 4) is 0 Å². The quantitative estimate of drug-likeness (QED) is 0.809. The van der Waals surface area contributed by atoms with Gasteiger partial charge in [0.15, 0.2) is 11.6 Å². The number of rotatable bonds is 4. The van der Waals surface area contributed by atoms with E-state index in [2.05, 4.69) is 5.32 Å². The molecule has 1 N–H and O–H groups in total. The smallest absolute Gasteiger partial charge is 0.409 e. The lowest BCUT2D eigenvalue weighted by molar-refractivity contribution is -0.147. The zero-order chi connectivity index (χ0) is 20.2. The Morgan fingerprint density at radius 1 is 1.07 bits per heavy atom. The standard InChI is InChI=1S/C18H23F2N3O4/c1-4-27-17(26)23-9-7-22(8-10-23)16(25)18(2,3)15(24)21-12-5-6-13(19)14(20)11-12/h5-6,11H,4,7-10H2,1-3H3,(H,21,24). The maximum Gasteiger partial charge on any atom is 0.409 e. The Kier molecular flexibility index (Phi) is 6.35. The van der Waals surface area contributed by atoms with Gasteiger partial charge in [-0.15, -0.1) is 0 Å². The molecule has 0 spiro atoms. The Hall–Kier alpha value is -2.71. The van der Waals surface area contributed by atoms with Crippen molar-refractivity contribution in [2.75, 3.05) is 38.1 Å². The maximum absolute atomic E-state index is 13.3. The molecule has 0 radical (unpaired) electrons. The highest BCUT2D eigenvalue weighted by atomic mass is 19.2. The molecule has 0 saturated carbocycles. The predicted octanol–water partition coefficient (Wildman–Crippen LogP) is 2.23. The second-order valence-electron chi connectivity index (χ2n) is 6.69. The minimum atomic E-state index is -1.42. The fourth-order valence-corrected chi connectivity index (χ4v) is 2.66. The minimum absolute atomic E-state index is 0.0619. The molecule has 0 aliphatic carbocycles. The molecule has 1 heterocycles. The Morgan fingerprint density at radius 2 is 1.67 bits per heavy atom. The van der Waals surface area contributed by atoms with E-state index in [0.29, 0.717) is 13.1 Å². The zero-order valence-electron chi connectivity index (χ0n) is 15.6. The lowest BCUT2D eigenvalue weighted by atomic mass is 9.89. The molecule has 0 aromatic heterocycles. The molecule has 7 nitrogen and oxygen atoms in total. The molecule has 1 aromatic rings. The molecular weight excluding hydrogens is 360 g/mol. The first-order valence-electron chi connectivity index (χ1n) is 8.64. The first-order valence-corrected chi connectivity index (χ1v) is 8.64. The van der Waals surface area contributed by atoms with Crippen molar-refractivity contribution in [2.24, 2.45) is 5.41 Å². The van der Waals surface area contributed by atoms with Crippen molar-refractivity contribution < 1.29 is 27.9 Å². The first kappa shape index (κ1) is 20.6. The summed E-state index contributed by atoms with van der Waals surface area (Å²) in [7, 11) is 0. The van der Waals surface area contributed by atoms with Crippen molar-refractivity contribution >= 4 is 23.6 Å². The van der Waals surface area contributed by atoms with Gasteiger partial charge in [-0.1, -0.05) is 0 Å². The van der Waals surface area contributed by atoms with Gasteiger partial charge in [0.2, 0.25) is 11.8 Å². The third-order valence-corrected chi connectivity index (χ3v) is 4.37. The molecule has 0 unspecified atom stereocenters. The number of halogens is 2. The number of anilines is 1. The largest absolute Gasteiger partial charge is 0.450 e. The number of amides is 3. The lowest BCUT2D eigenvalue weighted by Gasteiger charge is -2.37. The third-order valence-electron chi connectivity index (χ3n) is 4.37. The molecule has 1 saturated heterocycles. The summed E-state index contributed by atoms with van der Waals surface area (Å²) in [4.78, 5) is 40.0. The summed E-state index contributed by atoms with van der Waals surface area (Å²) in [6.07, 6.45) is -0.431. The number of benzene rings is 1. The minimum Gasteiger partial charge on any atom is -0.450 e. The highest BCUT2D eigenvalue weighted by molar-refractivity contribution is 6.09. The van der Waals surface area contributed by atoms with E-state index in [0.717, 1.165) is 12.1 Å². The van der Waals surface area contributed by atoms with Gasteiger partial charge in [0.1, 0.15) is 5.41 Å². The second kappa shape index (κ2) is 8.32. The number of nitrogens with one attached hydrogen (secondary N) is 1. The fourth-order valence-electron chi connectivity index (χ4n) is 2.66. The summed E-state index contributed by atoms with van der Waals surface area (Å²) < 4.78 is 31.2. The zero-order valence-corrected chi connectivity index (χ0v) is 15.6. The van der Waals surface area contributed by atoms with Gasteiger partial charge < -0.3 is 19.9 Å². The highest BCUT2D eigenvalue weighted by Crippen LogP contribution is 2.23. The number of hydrogen-bond donors (Lipinski definition) is 1. The summed E-state index contributed by atoms with van der Waals surface area (Å²) in [5.41, 5.74) is -1.36. The molecule has 2 rings (SSSR count). The molecule has 1 aliphatic rings. The van der Waals surface area contributed by atoms with Crippen LogP contribution in [0.25, 0.3) is 0 Å². The van der Waals surface area contributed by atoms with Crippen LogP contribution in [0.1, 0.15) is 20.8 Å². The second-order valence-corrected chi connectivity index (χ2v) is 6.69. The van der Waals surface area contributed by atoms with Crippen LogP contribution >= 0.6 is 0 Å². The van der Waals surface area contributed by atoms with Crippen molar-refractivity contribution in [3.63, 3.8) is 0 Å².